The molecule has 0 radical (unpaired) electrons. The fourth-order valence-electron chi connectivity index (χ4n) is 6.65. The molecule has 1 fully saturated rings. The summed E-state index contributed by atoms with van der Waals surface area (Å²) in [4.78, 5) is 78.3. The maximum absolute atomic E-state index is 14.9. The number of rotatable bonds is 22. The van der Waals surface area contributed by atoms with Gasteiger partial charge in [0.25, 0.3) is 11.8 Å². The number of unbranched alkanes of at least 4 members (excludes halogenated alkanes) is 2. The first-order valence-electron chi connectivity index (χ1n) is 19.2. The minimum atomic E-state index is -2.20. The largest absolute Gasteiger partial charge is 0.491 e. The molecule has 0 saturated carbocycles. The number of aliphatic carboxylic acids is 1. The summed E-state index contributed by atoms with van der Waals surface area (Å²) in [5, 5.41) is 66.7. The average molecular weight is 817 g/mol. The van der Waals surface area contributed by atoms with Crippen molar-refractivity contribution < 1.29 is 67.9 Å². The number of aliphatic hydroxyl groups excluding tert-OH is 1. The highest BCUT2D eigenvalue weighted by atomic mass is 19.1. The van der Waals surface area contributed by atoms with E-state index in [4.69, 9.17) is 0 Å². The summed E-state index contributed by atoms with van der Waals surface area (Å²) in [6, 6.07) is 3.39. The van der Waals surface area contributed by atoms with Crippen LogP contribution in [-0.2, 0) is 19.2 Å². The highest BCUT2D eigenvalue weighted by Crippen LogP contribution is 2.24. The van der Waals surface area contributed by atoms with Gasteiger partial charge in [0, 0.05) is 36.5 Å². The molecule has 2 aromatic carbocycles. The molecule has 1 saturated heterocycles. The molecule has 0 spiro atoms. The summed E-state index contributed by atoms with van der Waals surface area (Å²) in [6.07, 6.45) is 1.79. The van der Waals surface area contributed by atoms with E-state index in [0.717, 1.165) is 18.2 Å². The van der Waals surface area contributed by atoms with Crippen molar-refractivity contribution in [3.05, 3.63) is 59.2 Å². The molecule has 0 aromatic heterocycles. The zero-order chi connectivity index (χ0) is 43.1. The average Bonchev–Trinajstić information content (AvgIpc) is 3.67. The summed E-state index contributed by atoms with van der Waals surface area (Å²) >= 11 is 0. The molecule has 1 heterocycles. The van der Waals surface area contributed by atoms with Crippen molar-refractivity contribution in [1.29, 1.82) is 0 Å². The van der Waals surface area contributed by atoms with Crippen molar-refractivity contribution in [2.24, 2.45) is 5.92 Å². The maximum atomic E-state index is 14.9. The Morgan fingerprint density at radius 1 is 0.810 bits per heavy atom. The molecule has 21 heteroatoms. The number of carbonyl (C=O) groups is 6. The highest BCUT2D eigenvalue weighted by Gasteiger charge is 2.38. The van der Waals surface area contributed by atoms with Crippen LogP contribution in [0, 0.1) is 17.6 Å². The van der Waals surface area contributed by atoms with Crippen LogP contribution in [0.15, 0.2) is 36.4 Å². The van der Waals surface area contributed by atoms with E-state index in [2.05, 4.69) is 21.3 Å². The molecule has 5 atom stereocenters. The summed E-state index contributed by atoms with van der Waals surface area (Å²) in [6.45, 7) is 3.51. The normalized spacial score (nSPS) is 15.7. The Hall–Kier alpha value is -4.95. The van der Waals surface area contributed by atoms with Crippen LogP contribution in [-0.4, -0.2) is 129 Å². The molecular formula is C37H51B2F2N5O12. The number of nitrogens with zero attached hydrogens (tertiary/aromatic N) is 1. The first kappa shape index (κ1) is 47.4. The second kappa shape index (κ2) is 22.8. The van der Waals surface area contributed by atoms with Gasteiger partial charge >= 0.3 is 20.2 Å². The standard InChI is InChI=1S/C37H51B2F2N5O12/c1-3-22(36(52)46-20-10-17-28(46)35(51)45-31(21(2)47)37(53)54)11-4-6-19-43-34(50)27(44-33(49)24-13-9-15-26(30(24)41)39(57)58)16-5-7-18-42-32(48)23-12-8-14-25(29(23)40)38(55)56/h8-9,12-15,21-22,27-28,31,47,55-58H,3-7,10-11,16-20H2,1-2H3,(H,42,48)(H,43,50)(H,44,49)(H,45,51)(H,53,54)/t21-,22+,27+,28+,31+/m1/s1. The second-order valence-corrected chi connectivity index (χ2v) is 14.1. The number of hydrogen-bond donors (Lipinski definition) is 10. The zero-order valence-corrected chi connectivity index (χ0v) is 32.3. The van der Waals surface area contributed by atoms with Crippen LogP contribution >= 0.6 is 0 Å². The van der Waals surface area contributed by atoms with E-state index in [1.807, 2.05) is 6.92 Å². The lowest BCUT2D eigenvalue weighted by Gasteiger charge is -2.29. The number of carbonyl (C=O) groups excluding carboxylic acids is 5. The van der Waals surface area contributed by atoms with E-state index in [0.29, 0.717) is 45.1 Å². The summed E-state index contributed by atoms with van der Waals surface area (Å²) in [5.41, 5.74) is -1.97. The van der Waals surface area contributed by atoms with Crippen LogP contribution < -0.4 is 32.2 Å². The quantitative estimate of drug-likeness (QED) is 0.0470. The van der Waals surface area contributed by atoms with E-state index in [9.17, 15) is 67.9 Å². The van der Waals surface area contributed by atoms with Gasteiger partial charge < -0.3 is 56.5 Å². The van der Waals surface area contributed by atoms with Gasteiger partial charge in [-0.25, -0.2) is 13.6 Å². The maximum Gasteiger partial charge on any atom is 0.491 e. The fraction of sp³-hybridized carbons (Fsp3) is 0.514. The van der Waals surface area contributed by atoms with Crippen molar-refractivity contribution >= 4 is 60.7 Å². The van der Waals surface area contributed by atoms with E-state index >= 15 is 0 Å². The molecular weight excluding hydrogens is 766 g/mol. The van der Waals surface area contributed by atoms with Crippen molar-refractivity contribution in [2.45, 2.75) is 95.9 Å². The van der Waals surface area contributed by atoms with Gasteiger partial charge in [0.1, 0.15) is 23.7 Å². The topological polar surface area (TPSA) is 275 Å². The lowest BCUT2D eigenvalue weighted by molar-refractivity contribution is -0.147. The van der Waals surface area contributed by atoms with Crippen LogP contribution in [0.3, 0.4) is 0 Å². The molecule has 0 unspecified atom stereocenters. The molecule has 10 N–H and O–H groups in total. The summed E-state index contributed by atoms with van der Waals surface area (Å²) in [7, 11) is -4.32. The Balaban J connectivity index is 1.58. The van der Waals surface area contributed by atoms with Gasteiger partial charge in [-0.3, -0.25) is 24.0 Å². The van der Waals surface area contributed by atoms with E-state index in [-0.39, 0.29) is 38.3 Å². The Morgan fingerprint density at radius 3 is 1.90 bits per heavy atom. The highest BCUT2D eigenvalue weighted by molar-refractivity contribution is 6.59. The van der Waals surface area contributed by atoms with Crippen molar-refractivity contribution in [3.63, 3.8) is 0 Å². The van der Waals surface area contributed by atoms with Gasteiger partial charge in [-0.2, -0.15) is 0 Å². The van der Waals surface area contributed by atoms with Gasteiger partial charge in [0.15, 0.2) is 6.04 Å². The molecule has 1 aliphatic rings. The monoisotopic (exact) mass is 817 g/mol. The minimum absolute atomic E-state index is 0.0132. The predicted octanol–water partition coefficient (Wildman–Crippen LogP) is -1.72. The lowest BCUT2D eigenvalue weighted by atomic mass is 9.79. The Kier molecular flexibility index (Phi) is 18.7. The molecule has 316 valence electrons. The van der Waals surface area contributed by atoms with E-state index in [1.165, 1.54) is 30.0 Å². The third kappa shape index (κ3) is 13.0. The van der Waals surface area contributed by atoms with Crippen molar-refractivity contribution in [2.75, 3.05) is 19.6 Å². The zero-order valence-electron chi connectivity index (χ0n) is 32.3. The number of carboxylic acids is 1. The first-order valence-corrected chi connectivity index (χ1v) is 19.2. The Bertz CT molecular complexity index is 1770. The molecule has 0 aliphatic carbocycles. The summed E-state index contributed by atoms with van der Waals surface area (Å²) in [5.74, 6) is -7.52. The fourth-order valence-corrected chi connectivity index (χ4v) is 6.65. The number of nitrogens with one attached hydrogen (secondary N) is 4. The molecule has 5 amide bonds. The van der Waals surface area contributed by atoms with E-state index < -0.39 is 108 Å². The molecule has 58 heavy (non-hydrogen) atoms. The molecule has 0 bridgehead atoms. The van der Waals surface area contributed by atoms with Gasteiger partial charge in [0.2, 0.25) is 17.7 Å². The lowest BCUT2D eigenvalue weighted by Crippen LogP contribution is -2.54. The van der Waals surface area contributed by atoms with Crippen LogP contribution in [0.2, 0.25) is 0 Å². The number of hydrogen-bond acceptors (Lipinski definition) is 11. The Morgan fingerprint density at radius 2 is 1.36 bits per heavy atom. The van der Waals surface area contributed by atoms with Gasteiger partial charge in [-0.1, -0.05) is 37.6 Å². The van der Waals surface area contributed by atoms with Gasteiger partial charge in [-0.15, -0.1) is 0 Å². The molecule has 3 rings (SSSR count). The van der Waals surface area contributed by atoms with Gasteiger partial charge in [0.05, 0.1) is 17.2 Å². The smallest absolute Gasteiger partial charge is 0.480 e. The number of halogens is 2. The number of aliphatic hydroxyl groups is 1. The third-order valence-corrected chi connectivity index (χ3v) is 9.94. The van der Waals surface area contributed by atoms with E-state index in [1.54, 1.807) is 0 Å². The van der Waals surface area contributed by atoms with Crippen molar-refractivity contribution in [1.82, 2.24) is 26.2 Å². The molecule has 2 aromatic rings. The number of likely N-dealkylation sites (tertiary alicyclic amines) is 1. The number of amides is 5. The second-order valence-electron chi connectivity index (χ2n) is 14.1. The summed E-state index contributed by atoms with van der Waals surface area (Å²) < 4.78 is 29.5. The van der Waals surface area contributed by atoms with Crippen LogP contribution in [0.4, 0.5) is 8.78 Å². The third-order valence-electron chi connectivity index (χ3n) is 9.94. The molecule has 1 aliphatic heterocycles. The molecule has 17 nitrogen and oxygen atoms in total. The van der Waals surface area contributed by atoms with Gasteiger partial charge in [-0.05, 0) is 70.4 Å². The SMILES string of the molecule is CC[C@@H](CCCCNC(=O)[C@H](CCCCNC(=O)c1cccc(B(O)O)c1F)NC(=O)c1cccc(B(O)O)c1F)C(=O)N1CCC[C@H]1C(=O)N[C@H](C(=O)O)[C@@H](C)O. The minimum Gasteiger partial charge on any atom is -0.480 e. The first-order chi connectivity index (χ1) is 27.5. The number of benzene rings is 2. The Labute approximate surface area is 334 Å². The number of carboxylic acid groups (broad SMARTS) is 1. The van der Waals surface area contributed by atoms with Crippen LogP contribution in [0.5, 0.6) is 0 Å². The predicted molar refractivity (Wildman–Crippen MR) is 207 cm³/mol. The van der Waals surface area contributed by atoms with Crippen molar-refractivity contribution in [3.8, 4) is 0 Å². The van der Waals surface area contributed by atoms with Crippen LogP contribution in [0.25, 0.3) is 0 Å². The van der Waals surface area contributed by atoms with Crippen LogP contribution in [0.1, 0.15) is 92.4 Å².